The second-order valence-electron chi connectivity index (χ2n) is 6.25. The third-order valence-corrected chi connectivity index (χ3v) is 4.77. The third kappa shape index (κ3) is 4.55. The molecule has 1 N–H and O–H groups in total. The summed E-state index contributed by atoms with van der Waals surface area (Å²) in [4.78, 5) is 13.8. The van der Waals surface area contributed by atoms with Gasteiger partial charge in [0.2, 0.25) is 0 Å². The summed E-state index contributed by atoms with van der Waals surface area (Å²) in [5, 5.41) is 9.90. The summed E-state index contributed by atoms with van der Waals surface area (Å²) in [6, 6.07) is 10.6. The van der Waals surface area contributed by atoms with Crippen molar-refractivity contribution >= 4 is 5.97 Å². The van der Waals surface area contributed by atoms with Gasteiger partial charge >= 0.3 is 5.97 Å². The molecule has 2 atom stereocenters. The molecule has 22 heavy (non-hydrogen) atoms. The number of hydrogen-bond donors (Lipinski definition) is 1. The van der Waals surface area contributed by atoms with Gasteiger partial charge in [-0.15, -0.1) is 0 Å². The molecule has 0 radical (unpaired) electrons. The van der Waals surface area contributed by atoms with Crippen LogP contribution in [0, 0.1) is 5.92 Å². The Kier molecular flexibility index (Phi) is 6.40. The molecular weight excluding hydrogens is 278 g/mol. The largest absolute Gasteiger partial charge is 0.467 e. The zero-order valence-electron chi connectivity index (χ0n) is 13.6. The zero-order chi connectivity index (χ0) is 15.9. The number of benzene rings is 1. The smallest absolute Gasteiger partial charge is 0.334 e. The lowest BCUT2D eigenvalue weighted by Crippen LogP contribution is -2.41. The van der Waals surface area contributed by atoms with Gasteiger partial charge in [-0.1, -0.05) is 37.3 Å². The fourth-order valence-electron chi connectivity index (χ4n) is 3.13. The summed E-state index contributed by atoms with van der Waals surface area (Å²) in [5.74, 6) is 0.0889. The topological polar surface area (TPSA) is 49.8 Å². The van der Waals surface area contributed by atoms with Crippen molar-refractivity contribution in [3.63, 3.8) is 0 Å². The highest BCUT2D eigenvalue weighted by molar-refractivity contribution is 5.74. The molecule has 122 valence electrons. The second kappa shape index (κ2) is 8.30. The van der Waals surface area contributed by atoms with Crippen LogP contribution in [0.15, 0.2) is 30.3 Å². The zero-order valence-corrected chi connectivity index (χ0v) is 13.6. The Morgan fingerprint density at radius 3 is 2.55 bits per heavy atom. The van der Waals surface area contributed by atoms with Crippen molar-refractivity contribution in [1.82, 2.24) is 4.90 Å². The van der Waals surface area contributed by atoms with E-state index in [0.29, 0.717) is 5.92 Å². The van der Waals surface area contributed by atoms with Crippen LogP contribution in [-0.4, -0.2) is 48.8 Å². The van der Waals surface area contributed by atoms with Gasteiger partial charge < -0.3 is 14.7 Å². The van der Waals surface area contributed by atoms with Crippen molar-refractivity contribution in [1.29, 1.82) is 0 Å². The number of likely N-dealkylation sites (tertiary alicyclic amines) is 1. The Balaban J connectivity index is 1.73. The normalized spacial score (nSPS) is 19.6. The first-order chi connectivity index (χ1) is 10.6. The number of methoxy groups -OCH3 is 1. The summed E-state index contributed by atoms with van der Waals surface area (Å²) in [7, 11) is 1.33. The van der Waals surface area contributed by atoms with E-state index >= 15 is 0 Å². The maximum absolute atomic E-state index is 11.4. The Labute approximate surface area is 133 Å². The first kappa shape index (κ1) is 17.0. The molecule has 0 saturated carbocycles. The van der Waals surface area contributed by atoms with Crippen LogP contribution in [0.3, 0.4) is 0 Å². The highest BCUT2D eigenvalue weighted by Crippen LogP contribution is 2.24. The van der Waals surface area contributed by atoms with Crippen molar-refractivity contribution < 1.29 is 14.6 Å². The van der Waals surface area contributed by atoms with E-state index in [2.05, 4.69) is 40.8 Å². The SMILES string of the molecule is COC(=O)[C@H](O)C1CCN(CC[C@@H](C)c2ccccc2)CC1. The highest BCUT2D eigenvalue weighted by Gasteiger charge is 2.30. The minimum Gasteiger partial charge on any atom is -0.467 e. The number of hydrogen-bond acceptors (Lipinski definition) is 4. The molecule has 1 fully saturated rings. The summed E-state index contributed by atoms with van der Waals surface area (Å²) < 4.78 is 4.62. The lowest BCUT2D eigenvalue weighted by atomic mass is 9.90. The van der Waals surface area contributed by atoms with E-state index in [4.69, 9.17) is 0 Å². The number of esters is 1. The van der Waals surface area contributed by atoms with Crippen LogP contribution in [0.5, 0.6) is 0 Å². The number of carbonyl (C=O) groups is 1. The predicted octanol–water partition coefficient (Wildman–Crippen LogP) is 2.43. The Bertz CT molecular complexity index is 455. The molecule has 1 saturated heterocycles. The van der Waals surface area contributed by atoms with E-state index in [0.717, 1.165) is 38.9 Å². The monoisotopic (exact) mass is 305 g/mol. The molecule has 0 amide bonds. The van der Waals surface area contributed by atoms with Crippen molar-refractivity contribution in [2.75, 3.05) is 26.7 Å². The molecule has 0 unspecified atom stereocenters. The van der Waals surface area contributed by atoms with Crippen LogP contribution in [0.4, 0.5) is 0 Å². The van der Waals surface area contributed by atoms with Gasteiger partial charge in [0.15, 0.2) is 6.10 Å². The summed E-state index contributed by atoms with van der Waals surface area (Å²) in [5.41, 5.74) is 1.39. The van der Waals surface area contributed by atoms with E-state index in [9.17, 15) is 9.90 Å². The van der Waals surface area contributed by atoms with Crippen LogP contribution in [0.25, 0.3) is 0 Å². The first-order valence-electron chi connectivity index (χ1n) is 8.15. The fourth-order valence-corrected chi connectivity index (χ4v) is 3.13. The molecule has 4 nitrogen and oxygen atoms in total. The van der Waals surface area contributed by atoms with E-state index < -0.39 is 12.1 Å². The van der Waals surface area contributed by atoms with E-state index in [-0.39, 0.29) is 5.92 Å². The van der Waals surface area contributed by atoms with Gasteiger partial charge in [-0.2, -0.15) is 0 Å². The number of nitrogens with zero attached hydrogens (tertiary/aromatic N) is 1. The summed E-state index contributed by atoms with van der Waals surface area (Å²) >= 11 is 0. The van der Waals surface area contributed by atoms with Crippen LogP contribution in [-0.2, 0) is 9.53 Å². The van der Waals surface area contributed by atoms with Crippen LogP contribution in [0.2, 0.25) is 0 Å². The molecule has 0 spiro atoms. The van der Waals surface area contributed by atoms with E-state index in [1.165, 1.54) is 12.7 Å². The molecule has 1 heterocycles. The first-order valence-corrected chi connectivity index (χ1v) is 8.15. The number of ether oxygens (including phenoxy) is 1. The summed E-state index contributed by atoms with van der Waals surface area (Å²) in [6.07, 6.45) is 1.88. The van der Waals surface area contributed by atoms with E-state index in [1.54, 1.807) is 0 Å². The van der Waals surface area contributed by atoms with E-state index in [1.807, 2.05) is 6.07 Å². The molecule has 0 aromatic heterocycles. The molecule has 1 aliphatic heterocycles. The molecule has 0 bridgehead atoms. The van der Waals surface area contributed by atoms with Crippen LogP contribution >= 0.6 is 0 Å². The lowest BCUT2D eigenvalue weighted by Gasteiger charge is -2.33. The molecule has 1 aromatic carbocycles. The van der Waals surface area contributed by atoms with Crippen molar-refractivity contribution in [3.05, 3.63) is 35.9 Å². The predicted molar refractivity (Wildman–Crippen MR) is 86.7 cm³/mol. The number of aliphatic hydroxyl groups is 1. The molecular formula is C18H27NO3. The molecule has 2 rings (SSSR count). The molecule has 4 heteroatoms. The highest BCUT2D eigenvalue weighted by atomic mass is 16.5. The van der Waals surface area contributed by atoms with Crippen LogP contribution in [0.1, 0.15) is 37.7 Å². The minimum atomic E-state index is -0.963. The minimum absolute atomic E-state index is 0.0373. The second-order valence-corrected chi connectivity index (χ2v) is 6.25. The van der Waals surface area contributed by atoms with Gasteiger partial charge in [0.05, 0.1) is 7.11 Å². The van der Waals surface area contributed by atoms with Gasteiger partial charge in [-0.3, -0.25) is 0 Å². The molecule has 1 aliphatic rings. The third-order valence-electron chi connectivity index (χ3n) is 4.77. The maximum Gasteiger partial charge on any atom is 0.334 e. The number of piperidine rings is 1. The molecule has 0 aliphatic carbocycles. The van der Waals surface area contributed by atoms with Crippen molar-refractivity contribution in [3.8, 4) is 0 Å². The maximum atomic E-state index is 11.4. The number of carbonyl (C=O) groups excluding carboxylic acids is 1. The van der Waals surface area contributed by atoms with Crippen LogP contribution < -0.4 is 0 Å². The number of aliphatic hydroxyl groups excluding tert-OH is 1. The van der Waals surface area contributed by atoms with Crippen molar-refractivity contribution in [2.24, 2.45) is 5.92 Å². The fraction of sp³-hybridized carbons (Fsp3) is 0.611. The van der Waals surface area contributed by atoms with Gasteiger partial charge in [-0.05, 0) is 56.3 Å². The van der Waals surface area contributed by atoms with Gasteiger partial charge in [0.1, 0.15) is 0 Å². The number of rotatable bonds is 6. The quantitative estimate of drug-likeness (QED) is 0.820. The summed E-state index contributed by atoms with van der Waals surface area (Å²) in [6.45, 7) is 5.22. The van der Waals surface area contributed by atoms with Gasteiger partial charge in [0.25, 0.3) is 0 Å². The standard InChI is InChI=1S/C18H27NO3/c1-14(15-6-4-3-5-7-15)8-11-19-12-9-16(10-13-19)17(20)18(21)22-2/h3-7,14,16-17,20H,8-13H2,1-2H3/t14-,17-/m1/s1. The Morgan fingerprint density at radius 1 is 1.32 bits per heavy atom. The average Bonchev–Trinajstić information content (AvgIpc) is 2.59. The Morgan fingerprint density at radius 2 is 1.95 bits per heavy atom. The lowest BCUT2D eigenvalue weighted by molar-refractivity contribution is -0.154. The van der Waals surface area contributed by atoms with Crippen molar-refractivity contribution in [2.45, 2.75) is 38.2 Å². The van der Waals surface area contributed by atoms with Gasteiger partial charge in [0, 0.05) is 0 Å². The average molecular weight is 305 g/mol. The Hall–Kier alpha value is -1.39. The van der Waals surface area contributed by atoms with Gasteiger partial charge in [-0.25, -0.2) is 4.79 Å². The molecule has 1 aromatic rings.